The first-order valence-corrected chi connectivity index (χ1v) is 15.8. The summed E-state index contributed by atoms with van der Waals surface area (Å²) in [5.74, 6) is -0.606. The summed E-state index contributed by atoms with van der Waals surface area (Å²) in [7, 11) is 0. The molecule has 0 aromatic heterocycles. The van der Waals surface area contributed by atoms with Gasteiger partial charge in [-0.1, -0.05) is 81.0 Å². The van der Waals surface area contributed by atoms with Crippen molar-refractivity contribution in [2.24, 2.45) is 0 Å². The van der Waals surface area contributed by atoms with Gasteiger partial charge in [-0.2, -0.15) is 12.6 Å². The summed E-state index contributed by atoms with van der Waals surface area (Å²) in [6.07, 6.45) is 5.50. The third kappa shape index (κ3) is 10.7. The minimum atomic E-state index is -0.969. The van der Waals surface area contributed by atoms with Gasteiger partial charge in [0.05, 0.1) is 0 Å². The molecule has 0 saturated carbocycles. The molecule has 3 amide bonds. The van der Waals surface area contributed by atoms with Gasteiger partial charge in [0.15, 0.2) is 0 Å². The molecule has 0 heterocycles. The van der Waals surface area contributed by atoms with E-state index in [4.69, 9.17) is 4.74 Å². The number of nitrogens with zero attached hydrogens (tertiary/aromatic N) is 1. The molecule has 2 N–H and O–H groups in total. The minimum Gasteiger partial charge on any atom is -0.444 e. The molecule has 0 aliphatic carbocycles. The van der Waals surface area contributed by atoms with Crippen molar-refractivity contribution in [1.82, 2.24) is 10.2 Å². The average molecular weight is 598 g/mol. The number of benzene rings is 2. The van der Waals surface area contributed by atoms with Crippen LogP contribution in [0.2, 0.25) is 0 Å². The summed E-state index contributed by atoms with van der Waals surface area (Å²) in [5, 5.41) is 5.84. The Balaban J connectivity index is 2.55. The number of hydrogen-bond donors (Lipinski definition) is 3. The predicted molar refractivity (Wildman–Crippen MR) is 175 cm³/mol. The third-order valence-electron chi connectivity index (χ3n) is 7.23. The highest BCUT2D eigenvalue weighted by molar-refractivity contribution is 7.80. The normalized spacial score (nSPS) is 12.8. The van der Waals surface area contributed by atoms with Crippen molar-refractivity contribution in [2.75, 3.05) is 17.6 Å². The lowest BCUT2D eigenvalue weighted by molar-refractivity contribution is -0.140. The van der Waals surface area contributed by atoms with Crippen molar-refractivity contribution in [3.63, 3.8) is 0 Å². The zero-order chi connectivity index (χ0) is 31.4. The average Bonchev–Trinajstić information content (AvgIpc) is 2.91. The van der Waals surface area contributed by atoms with Gasteiger partial charge in [0.1, 0.15) is 17.7 Å². The molecule has 8 heteroatoms. The van der Waals surface area contributed by atoms with Gasteiger partial charge in [-0.05, 0) is 77.1 Å². The molecule has 2 atom stereocenters. The number of ether oxygens (including phenoxy) is 1. The van der Waals surface area contributed by atoms with E-state index in [0.717, 1.165) is 65.6 Å². The first kappa shape index (κ1) is 35.2. The summed E-state index contributed by atoms with van der Waals surface area (Å²) in [6, 6.07) is 9.94. The van der Waals surface area contributed by atoms with Gasteiger partial charge in [-0.3, -0.25) is 9.59 Å². The maximum atomic E-state index is 14.3. The van der Waals surface area contributed by atoms with E-state index in [2.05, 4.69) is 30.2 Å². The first-order chi connectivity index (χ1) is 19.8. The highest BCUT2D eigenvalue weighted by Gasteiger charge is 2.36. The second-order valence-corrected chi connectivity index (χ2v) is 12.6. The SMILES string of the molecule is CCCCCCCCN(C(=O)C(CS)NC(=O)OC(C)(C)C)C(C(=O)Nc1c(C)cccc1C)c1cc(C)ccc1C. The van der Waals surface area contributed by atoms with Crippen LogP contribution in [0.5, 0.6) is 0 Å². The summed E-state index contributed by atoms with van der Waals surface area (Å²) >= 11 is 4.42. The lowest BCUT2D eigenvalue weighted by Crippen LogP contribution is -2.53. The Labute approximate surface area is 258 Å². The van der Waals surface area contributed by atoms with Crippen molar-refractivity contribution in [1.29, 1.82) is 0 Å². The van der Waals surface area contributed by atoms with Gasteiger partial charge in [0, 0.05) is 18.0 Å². The largest absolute Gasteiger partial charge is 0.444 e. The standard InChI is InChI=1S/C34H51N3O4S/c1-9-10-11-12-13-14-20-37(32(39)28(22-42)35-33(40)41-34(6,7)8)30(27-21-23(2)18-19-24(27)3)31(38)36-29-25(4)16-15-17-26(29)5/h15-19,21,28,30,42H,9-14,20,22H2,1-8H3,(H,35,40)(H,36,38). The summed E-state index contributed by atoms with van der Waals surface area (Å²) in [6.45, 7) is 15.7. The fourth-order valence-corrected chi connectivity index (χ4v) is 5.22. The Hall–Kier alpha value is -3.00. The van der Waals surface area contributed by atoms with Crippen LogP contribution in [0.3, 0.4) is 0 Å². The molecule has 2 rings (SSSR count). The van der Waals surface area contributed by atoms with Crippen LogP contribution >= 0.6 is 12.6 Å². The van der Waals surface area contributed by atoms with Crippen LogP contribution in [0.1, 0.15) is 100 Å². The zero-order valence-electron chi connectivity index (χ0n) is 26.8. The Morgan fingerprint density at radius 3 is 2.12 bits per heavy atom. The topological polar surface area (TPSA) is 87.7 Å². The van der Waals surface area contributed by atoms with Gasteiger partial charge in [0.2, 0.25) is 5.91 Å². The number of amides is 3. The van der Waals surface area contributed by atoms with Crippen LogP contribution in [0.4, 0.5) is 10.5 Å². The molecule has 232 valence electrons. The third-order valence-corrected chi connectivity index (χ3v) is 7.59. The number of para-hydroxylation sites is 1. The molecular weight excluding hydrogens is 546 g/mol. The molecule has 0 spiro atoms. The first-order valence-electron chi connectivity index (χ1n) is 15.1. The lowest BCUT2D eigenvalue weighted by atomic mass is 9.95. The van der Waals surface area contributed by atoms with Crippen LogP contribution in [-0.4, -0.2) is 46.7 Å². The molecule has 2 aromatic rings. The number of carbonyl (C=O) groups excluding carboxylic acids is 3. The van der Waals surface area contributed by atoms with E-state index in [1.165, 1.54) is 6.42 Å². The fourth-order valence-electron chi connectivity index (χ4n) is 4.97. The number of hydrogen-bond acceptors (Lipinski definition) is 5. The van der Waals surface area contributed by atoms with Crippen LogP contribution in [0.15, 0.2) is 36.4 Å². The van der Waals surface area contributed by atoms with Gasteiger partial charge in [-0.25, -0.2) is 4.79 Å². The molecule has 0 radical (unpaired) electrons. The monoisotopic (exact) mass is 597 g/mol. The van der Waals surface area contributed by atoms with E-state index >= 15 is 0 Å². The minimum absolute atomic E-state index is 0.0586. The Bertz CT molecular complexity index is 1190. The maximum absolute atomic E-state index is 14.3. The maximum Gasteiger partial charge on any atom is 0.408 e. The number of alkyl carbamates (subject to hydrolysis) is 1. The van der Waals surface area contributed by atoms with Gasteiger partial charge in [0.25, 0.3) is 5.91 Å². The molecule has 0 aliphatic heterocycles. The number of aryl methyl sites for hydroxylation is 4. The number of nitrogens with one attached hydrogen (secondary N) is 2. The lowest BCUT2D eigenvalue weighted by Gasteiger charge is -2.35. The van der Waals surface area contributed by atoms with Crippen LogP contribution in [-0.2, 0) is 14.3 Å². The molecule has 0 fully saturated rings. The quantitative estimate of drug-likeness (QED) is 0.154. The number of carbonyl (C=O) groups is 3. The smallest absolute Gasteiger partial charge is 0.408 e. The van der Waals surface area contributed by atoms with Crippen LogP contribution in [0.25, 0.3) is 0 Å². The number of thiol groups is 1. The molecule has 0 saturated heterocycles. The summed E-state index contributed by atoms with van der Waals surface area (Å²) < 4.78 is 5.43. The van der Waals surface area contributed by atoms with Gasteiger partial charge in [-0.15, -0.1) is 0 Å². The molecule has 2 unspecified atom stereocenters. The van der Waals surface area contributed by atoms with E-state index in [1.54, 1.807) is 25.7 Å². The van der Waals surface area contributed by atoms with E-state index in [9.17, 15) is 14.4 Å². The Morgan fingerprint density at radius 2 is 1.52 bits per heavy atom. The van der Waals surface area contributed by atoms with E-state index in [-0.39, 0.29) is 17.6 Å². The number of rotatable bonds is 14. The van der Waals surface area contributed by atoms with Crippen molar-refractivity contribution in [2.45, 2.75) is 112 Å². The molecular formula is C34H51N3O4S. The van der Waals surface area contributed by atoms with E-state index < -0.39 is 23.8 Å². The molecule has 42 heavy (non-hydrogen) atoms. The fraction of sp³-hybridized carbons (Fsp3) is 0.559. The van der Waals surface area contributed by atoms with Crippen molar-refractivity contribution in [3.05, 3.63) is 64.2 Å². The van der Waals surface area contributed by atoms with Gasteiger partial charge < -0.3 is 20.3 Å². The van der Waals surface area contributed by atoms with Crippen LogP contribution < -0.4 is 10.6 Å². The second kappa shape index (κ2) is 16.6. The molecule has 7 nitrogen and oxygen atoms in total. The van der Waals surface area contributed by atoms with Crippen molar-refractivity contribution >= 4 is 36.2 Å². The second-order valence-electron chi connectivity index (χ2n) is 12.2. The Kier molecular flexibility index (Phi) is 13.9. The molecule has 2 aromatic carbocycles. The highest BCUT2D eigenvalue weighted by atomic mass is 32.1. The molecule has 0 aliphatic rings. The number of unbranched alkanes of at least 4 members (excludes halogenated alkanes) is 5. The highest BCUT2D eigenvalue weighted by Crippen LogP contribution is 2.30. The van der Waals surface area contributed by atoms with Crippen molar-refractivity contribution < 1.29 is 19.1 Å². The summed E-state index contributed by atoms with van der Waals surface area (Å²) in [5.41, 5.74) is 4.55. The van der Waals surface area contributed by atoms with E-state index in [0.29, 0.717) is 6.54 Å². The summed E-state index contributed by atoms with van der Waals surface area (Å²) in [4.78, 5) is 42.9. The predicted octanol–water partition coefficient (Wildman–Crippen LogP) is 7.61. The number of anilines is 1. The zero-order valence-corrected chi connectivity index (χ0v) is 27.7. The van der Waals surface area contributed by atoms with Crippen molar-refractivity contribution in [3.8, 4) is 0 Å². The molecule has 0 bridgehead atoms. The van der Waals surface area contributed by atoms with Gasteiger partial charge >= 0.3 is 6.09 Å². The van der Waals surface area contributed by atoms with E-state index in [1.807, 2.05) is 64.1 Å². The Morgan fingerprint density at radius 1 is 0.905 bits per heavy atom. The van der Waals surface area contributed by atoms with Crippen LogP contribution in [0, 0.1) is 27.7 Å².